The van der Waals surface area contributed by atoms with Crippen LogP contribution in [0.2, 0.25) is 0 Å². The summed E-state index contributed by atoms with van der Waals surface area (Å²) in [7, 11) is 0. The Balaban J connectivity index is 2.04. The van der Waals surface area contributed by atoms with Crippen LogP contribution in [0.1, 0.15) is 19.3 Å². The second kappa shape index (κ2) is 3.49. The summed E-state index contributed by atoms with van der Waals surface area (Å²) in [6.07, 6.45) is 2.12. The number of aliphatic hydroxyl groups is 1. The van der Waals surface area contributed by atoms with Gasteiger partial charge in [0.2, 0.25) is 5.91 Å². The van der Waals surface area contributed by atoms with Gasteiger partial charge in [0.1, 0.15) is 0 Å². The lowest BCUT2D eigenvalue weighted by Crippen LogP contribution is -2.60. The molecule has 80 valence electrons. The normalized spacial score (nSPS) is 41.0. The molecule has 0 aromatic heterocycles. The molecule has 3 rings (SSSR count). The minimum Gasteiger partial charge on any atom is -0.388 e. The molecular weight excluding hydrogens is 182 g/mol. The Kier molecular flexibility index (Phi) is 2.47. The number of hydrazine groups is 1. The van der Waals surface area contributed by atoms with Crippen molar-refractivity contribution in [2.24, 2.45) is 11.8 Å². The summed E-state index contributed by atoms with van der Waals surface area (Å²) in [5, 5.41) is 10.3. The molecule has 3 aliphatic heterocycles. The van der Waals surface area contributed by atoms with Crippen LogP contribution in [0.25, 0.3) is 0 Å². The van der Waals surface area contributed by atoms with Crippen molar-refractivity contribution in [1.29, 1.82) is 0 Å². The monoisotopic (exact) mass is 199 g/mol. The molecule has 1 atom stereocenters. The van der Waals surface area contributed by atoms with Crippen LogP contribution in [0.4, 0.5) is 0 Å². The van der Waals surface area contributed by atoms with E-state index in [4.69, 9.17) is 5.84 Å². The first-order chi connectivity index (χ1) is 6.64. The van der Waals surface area contributed by atoms with Gasteiger partial charge in [-0.2, -0.15) is 0 Å². The molecule has 0 spiro atoms. The Hall–Kier alpha value is -0.650. The van der Waals surface area contributed by atoms with Crippen LogP contribution in [0.3, 0.4) is 0 Å². The average Bonchev–Trinajstić information content (AvgIpc) is 2.18. The molecule has 1 amide bonds. The molecule has 0 saturated carbocycles. The van der Waals surface area contributed by atoms with Crippen LogP contribution in [0.15, 0.2) is 0 Å². The number of piperidine rings is 3. The van der Waals surface area contributed by atoms with Crippen LogP contribution in [0.5, 0.6) is 0 Å². The highest BCUT2D eigenvalue weighted by Crippen LogP contribution is 2.37. The number of hydrogen-bond acceptors (Lipinski definition) is 4. The second-order valence-electron chi connectivity index (χ2n) is 4.40. The highest BCUT2D eigenvalue weighted by Gasteiger charge is 2.46. The standard InChI is InChI=1S/C9H17N3O2/c10-11-8(13)5-9(14)6-12-3-1-7(9)2-4-12/h7,14H,1-6,10H2,(H,11,13)/t9-/m1/s1. The summed E-state index contributed by atoms with van der Waals surface area (Å²) in [5.41, 5.74) is 1.23. The van der Waals surface area contributed by atoms with Gasteiger partial charge in [0.25, 0.3) is 0 Å². The first-order valence-corrected chi connectivity index (χ1v) is 5.08. The third kappa shape index (κ3) is 1.63. The van der Waals surface area contributed by atoms with Crippen molar-refractivity contribution < 1.29 is 9.90 Å². The Morgan fingerprint density at radius 1 is 1.57 bits per heavy atom. The molecule has 3 fully saturated rings. The first kappa shape index (κ1) is 9.89. The van der Waals surface area contributed by atoms with Crippen molar-refractivity contribution in [3.8, 4) is 0 Å². The van der Waals surface area contributed by atoms with E-state index in [1.165, 1.54) is 0 Å². The summed E-state index contributed by atoms with van der Waals surface area (Å²) < 4.78 is 0. The maximum atomic E-state index is 11.1. The fourth-order valence-electron chi connectivity index (χ4n) is 2.67. The quantitative estimate of drug-likeness (QED) is 0.297. The molecule has 5 heteroatoms. The van der Waals surface area contributed by atoms with Crippen LogP contribution in [-0.4, -0.2) is 41.1 Å². The molecule has 3 aliphatic rings. The number of amides is 1. The van der Waals surface area contributed by atoms with Gasteiger partial charge in [0.15, 0.2) is 0 Å². The fourth-order valence-corrected chi connectivity index (χ4v) is 2.67. The lowest BCUT2D eigenvalue weighted by Gasteiger charge is -2.50. The SMILES string of the molecule is NNC(=O)C[C@@]1(O)CN2CCC1CC2. The van der Waals surface area contributed by atoms with Crippen molar-refractivity contribution >= 4 is 5.91 Å². The molecular formula is C9H17N3O2. The second-order valence-corrected chi connectivity index (χ2v) is 4.40. The third-order valence-corrected chi connectivity index (χ3v) is 3.47. The van der Waals surface area contributed by atoms with E-state index in [0.29, 0.717) is 6.54 Å². The number of rotatable bonds is 2. The topological polar surface area (TPSA) is 78.6 Å². The van der Waals surface area contributed by atoms with E-state index in [9.17, 15) is 9.90 Å². The highest BCUT2D eigenvalue weighted by atomic mass is 16.3. The fraction of sp³-hybridized carbons (Fsp3) is 0.889. The zero-order valence-corrected chi connectivity index (χ0v) is 8.20. The van der Waals surface area contributed by atoms with Crippen molar-refractivity contribution in [2.45, 2.75) is 24.9 Å². The van der Waals surface area contributed by atoms with Crippen LogP contribution >= 0.6 is 0 Å². The van der Waals surface area contributed by atoms with Gasteiger partial charge in [0, 0.05) is 6.54 Å². The molecule has 3 saturated heterocycles. The summed E-state index contributed by atoms with van der Waals surface area (Å²) in [6, 6.07) is 0. The molecule has 0 aliphatic carbocycles. The molecule has 0 aromatic rings. The van der Waals surface area contributed by atoms with E-state index in [-0.39, 0.29) is 18.2 Å². The van der Waals surface area contributed by atoms with Crippen molar-refractivity contribution in [3.05, 3.63) is 0 Å². The number of fused-ring (bicyclic) bond motifs is 3. The zero-order valence-electron chi connectivity index (χ0n) is 8.20. The molecule has 0 aromatic carbocycles. The molecule has 0 radical (unpaired) electrons. The molecule has 5 nitrogen and oxygen atoms in total. The summed E-state index contributed by atoms with van der Waals surface area (Å²) in [5.74, 6) is 5.01. The molecule has 14 heavy (non-hydrogen) atoms. The first-order valence-electron chi connectivity index (χ1n) is 5.08. The predicted molar refractivity (Wildman–Crippen MR) is 51.1 cm³/mol. The predicted octanol–water partition coefficient (Wildman–Crippen LogP) is -1.18. The third-order valence-electron chi connectivity index (χ3n) is 3.47. The van der Waals surface area contributed by atoms with Gasteiger partial charge < -0.3 is 10.0 Å². The van der Waals surface area contributed by atoms with Gasteiger partial charge in [0.05, 0.1) is 12.0 Å². The van der Waals surface area contributed by atoms with Crippen molar-refractivity contribution in [2.75, 3.05) is 19.6 Å². The van der Waals surface area contributed by atoms with E-state index in [0.717, 1.165) is 25.9 Å². The van der Waals surface area contributed by atoms with E-state index >= 15 is 0 Å². The molecule has 3 heterocycles. The number of hydrogen-bond donors (Lipinski definition) is 3. The smallest absolute Gasteiger partial charge is 0.236 e. The minimum atomic E-state index is -0.847. The summed E-state index contributed by atoms with van der Waals surface area (Å²) in [6.45, 7) is 2.72. The maximum Gasteiger partial charge on any atom is 0.236 e. The molecule has 0 unspecified atom stereocenters. The number of nitrogens with zero attached hydrogens (tertiary/aromatic N) is 1. The van der Waals surface area contributed by atoms with Gasteiger partial charge in [-0.25, -0.2) is 5.84 Å². The van der Waals surface area contributed by atoms with Gasteiger partial charge >= 0.3 is 0 Å². The van der Waals surface area contributed by atoms with Crippen LogP contribution < -0.4 is 11.3 Å². The van der Waals surface area contributed by atoms with Crippen molar-refractivity contribution in [3.63, 3.8) is 0 Å². The Morgan fingerprint density at radius 2 is 2.21 bits per heavy atom. The van der Waals surface area contributed by atoms with E-state index in [2.05, 4.69) is 10.3 Å². The summed E-state index contributed by atoms with van der Waals surface area (Å²) in [4.78, 5) is 13.4. The number of carbonyl (C=O) groups is 1. The number of nitrogens with one attached hydrogen (secondary N) is 1. The maximum absolute atomic E-state index is 11.1. The summed E-state index contributed by atoms with van der Waals surface area (Å²) >= 11 is 0. The number of carbonyl (C=O) groups excluding carboxylic acids is 1. The highest BCUT2D eigenvalue weighted by molar-refractivity contribution is 5.76. The Labute approximate surface area is 83.2 Å². The van der Waals surface area contributed by atoms with E-state index < -0.39 is 5.60 Å². The zero-order chi connectivity index (χ0) is 10.2. The van der Waals surface area contributed by atoms with Crippen LogP contribution in [-0.2, 0) is 4.79 Å². The van der Waals surface area contributed by atoms with Gasteiger partial charge in [-0.1, -0.05) is 0 Å². The lowest BCUT2D eigenvalue weighted by molar-refractivity contribution is -0.142. The van der Waals surface area contributed by atoms with E-state index in [1.54, 1.807) is 0 Å². The lowest BCUT2D eigenvalue weighted by atomic mass is 9.73. The number of nitrogens with two attached hydrogens (primary N) is 1. The largest absolute Gasteiger partial charge is 0.388 e. The van der Waals surface area contributed by atoms with Crippen LogP contribution in [0, 0.1) is 5.92 Å². The van der Waals surface area contributed by atoms with Gasteiger partial charge in [-0.15, -0.1) is 0 Å². The Morgan fingerprint density at radius 3 is 2.64 bits per heavy atom. The average molecular weight is 199 g/mol. The van der Waals surface area contributed by atoms with Crippen molar-refractivity contribution in [1.82, 2.24) is 10.3 Å². The molecule has 2 bridgehead atoms. The van der Waals surface area contributed by atoms with Gasteiger partial charge in [-0.05, 0) is 31.8 Å². The van der Waals surface area contributed by atoms with Gasteiger partial charge in [-0.3, -0.25) is 10.2 Å². The van der Waals surface area contributed by atoms with E-state index in [1.807, 2.05) is 0 Å². The molecule has 4 N–H and O–H groups in total. The minimum absolute atomic E-state index is 0.130. The Bertz CT molecular complexity index is 238.